The van der Waals surface area contributed by atoms with Crippen LogP contribution in [0.3, 0.4) is 0 Å². The highest BCUT2D eigenvalue weighted by atomic mass is 16.2. The average Bonchev–Trinajstić information content (AvgIpc) is 3.56. The van der Waals surface area contributed by atoms with Crippen molar-refractivity contribution in [2.24, 2.45) is 0 Å². The van der Waals surface area contributed by atoms with Gasteiger partial charge in [-0.3, -0.25) is 24.0 Å². The largest absolute Gasteiger partial charge is 0.325 e. The summed E-state index contributed by atoms with van der Waals surface area (Å²) in [6.45, 7) is 1.31. The van der Waals surface area contributed by atoms with E-state index in [1.165, 1.54) is 4.68 Å². The summed E-state index contributed by atoms with van der Waals surface area (Å²) in [4.78, 5) is 52.1. The zero-order valence-corrected chi connectivity index (χ0v) is 19.0. The minimum atomic E-state index is -1.11. The van der Waals surface area contributed by atoms with Gasteiger partial charge in [0, 0.05) is 23.8 Å². The van der Waals surface area contributed by atoms with E-state index < -0.39 is 36.0 Å². The number of hydrogen-bond donors (Lipinski definition) is 3. The number of nitrogens with zero attached hydrogens (tertiary/aromatic N) is 3. The van der Waals surface area contributed by atoms with E-state index in [9.17, 15) is 19.2 Å². The van der Waals surface area contributed by atoms with Crippen LogP contribution in [0.15, 0.2) is 67.0 Å². The highest BCUT2D eigenvalue weighted by Gasteiger charge is 2.55. The highest BCUT2D eigenvalue weighted by Crippen LogP contribution is 2.41. The molecule has 178 valence electrons. The van der Waals surface area contributed by atoms with Crippen LogP contribution in [0.4, 0.5) is 16.2 Å². The number of nitrogens with one attached hydrogen (secondary N) is 3. The van der Waals surface area contributed by atoms with Crippen LogP contribution in [-0.4, -0.2) is 45.0 Å². The summed E-state index contributed by atoms with van der Waals surface area (Å²) in [6, 6.07) is 14.8. The molecule has 0 radical (unpaired) electrons. The maximum atomic E-state index is 13.2. The van der Waals surface area contributed by atoms with Gasteiger partial charge in [0.05, 0.1) is 0 Å². The Bertz CT molecular complexity index is 1320. The van der Waals surface area contributed by atoms with E-state index in [1.807, 2.05) is 24.3 Å². The van der Waals surface area contributed by atoms with Gasteiger partial charge in [-0.2, -0.15) is 5.10 Å². The van der Waals surface area contributed by atoms with Crippen molar-refractivity contribution in [1.29, 1.82) is 0 Å². The summed E-state index contributed by atoms with van der Waals surface area (Å²) in [5, 5.41) is 12.4. The molecule has 0 saturated carbocycles. The standard InChI is InChI=1S/C25H24N6O4/c1-16(31-13-5-12-26-31)22(33)28-19-8-4-7-18(14-19)27-21(32)15-30-23(34)25(29-24(30)35)11-10-17-6-2-3-9-20(17)25/h2-9,12-14,16H,10-11,15H2,1H3,(H,27,32)(H,28,33)(H,29,35). The number of amides is 5. The number of carbonyl (C=O) groups is 4. The maximum Gasteiger partial charge on any atom is 0.325 e. The molecule has 5 rings (SSSR count). The second kappa shape index (κ2) is 8.71. The number of fused-ring (bicyclic) bond motifs is 2. The van der Waals surface area contributed by atoms with Gasteiger partial charge in [-0.25, -0.2) is 4.79 Å². The first-order valence-electron chi connectivity index (χ1n) is 11.3. The number of carbonyl (C=O) groups excluding carboxylic acids is 4. The van der Waals surface area contributed by atoms with E-state index >= 15 is 0 Å². The smallest absolute Gasteiger partial charge is 0.324 e. The molecule has 5 amide bonds. The molecule has 1 saturated heterocycles. The lowest BCUT2D eigenvalue weighted by Gasteiger charge is -2.22. The number of imide groups is 1. The highest BCUT2D eigenvalue weighted by molar-refractivity contribution is 6.11. The normalized spacial score (nSPS) is 19.4. The number of aromatic nitrogens is 2. The van der Waals surface area contributed by atoms with Gasteiger partial charge < -0.3 is 16.0 Å². The Morgan fingerprint density at radius 1 is 1.09 bits per heavy atom. The zero-order chi connectivity index (χ0) is 24.6. The summed E-state index contributed by atoms with van der Waals surface area (Å²) < 4.78 is 1.54. The van der Waals surface area contributed by atoms with Crippen molar-refractivity contribution in [1.82, 2.24) is 20.0 Å². The van der Waals surface area contributed by atoms with Gasteiger partial charge in [0.1, 0.15) is 18.1 Å². The lowest BCUT2D eigenvalue weighted by molar-refractivity contribution is -0.134. The molecule has 10 nitrogen and oxygen atoms in total. The Kier molecular flexibility index (Phi) is 5.56. The van der Waals surface area contributed by atoms with Gasteiger partial charge >= 0.3 is 6.03 Å². The maximum absolute atomic E-state index is 13.2. The SMILES string of the molecule is CC(C(=O)Nc1cccc(NC(=O)CN2C(=O)NC3(CCc4ccccc43)C2=O)c1)n1cccn1. The number of rotatable bonds is 6. The second-order valence-corrected chi connectivity index (χ2v) is 8.66. The Balaban J connectivity index is 1.24. The van der Waals surface area contributed by atoms with Crippen LogP contribution >= 0.6 is 0 Å². The molecular weight excluding hydrogens is 448 g/mol. The molecule has 2 atom stereocenters. The second-order valence-electron chi connectivity index (χ2n) is 8.66. The molecule has 2 aromatic carbocycles. The number of urea groups is 1. The zero-order valence-electron chi connectivity index (χ0n) is 19.0. The number of hydrogen-bond acceptors (Lipinski definition) is 5. The van der Waals surface area contributed by atoms with Crippen LogP contribution in [0.25, 0.3) is 0 Å². The molecule has 1 spiro atoms. The summed E-state index contributed by atoms with van der Waals surface area (Å²) in [6.07, 6.45) is 4.44. The van der Waals surface area contributed by atoms with Gasteiger partial charge in [0.15, 0.2) is 0 Å². The van der Waals surface area contributed by atoms with Crippen molar-refractivity contribution in [3.05, 3.63) is 78.1 Å². The van der Waals surface area contributed by atoms with Crippen molar-refractivity contribution in [2.45, 2.75) is 31.3 Å². The molecule has 1 aromatic heterocycles. The lowest BCUT2D eigenvalue weighted by Crippen LogP contribution is -2.43. The third-order valence-electron chi connectivity index (χ3n) is 6.44. The molecule has 1 fully saturated rings. The molecule has 1 aliphatic heterocycles. The Morgan fingerprint density at radius 2 is 1.86 bits per heavy atom. The van der Waals surface area contributed by atoms with Crippen molar-refractivity contribution in [2.75, 3.05) is 17.2 Å². The van der Waals surface area contributed by atoms with Crippen LogP contribution in [0, 0.1) is 0 Å². The summed E-state index contributed by atoms with van der Waals surface area (Å²) >= 11 is 0. The number of benzene rings is 2. The summed E-state index contributed by atoms with van der Waals surface area (Å²) in [5.74, 6) is -1.21. The van der Waals surface area contributed by atoms with Crippen molar-refractivity contribution >= 4 is 35.1 Å². The van der Waals surface area contributed by atoms with Crippen LogP contribution < -0.4 is 16.0 Å². The minimum absolute atomic E-state index is 0.265. The fourth-order valence-electron chi connectivity index (χ4n) is 4.63. The number of aryl methyl sites for hydroxylation is 1. The molecule has 35 heavy (non-hydrogen) atoms. The molecule has 3 N–H and O–H groups in total. The Hall–Kier alpha value is -4.47. The topological polar surface area (TPSA) is 125 Å². The van der Waals surface area contributed by atoms with Crippen molar-refractivity contribution in [3.63, 3.8) is 0 Å². The van der Waals surface area contributed by atoms with Gasteiger partial charge in [-0.15, -0.1) is 0 Å². The summed E-state index contributed by atoms with van der Waals surface area (Å²) in [5.41, 5.74) is 1.61. The average molecular weight is 473 g/mol. The van der Waals surface area contributed by atoms with Gasteiger partial charge in [0.2, 0.25) is 11.8 Å². The molecule has 1 aliphatic carbocycles. The third-order valence-corrected chi connectivity index (χ3v) is 6.44. The predicted molar refractivity (Wildman–Crippen MR) is 127 cm³/mol. The molecule has 0 bridgehead atoms. The fraction of sp³-hybridized carbons (Fsp3) is 0.240. The van der Waals surface area contributed by atoms with E-state index in [2.05, 4.69) is 21.0 Å². The van der Waals surface area contributed by atoms with E-state index in [1.54, 1.807) is 49.6 Å². The molecule has 10 heteroatoms. The molecular formula is C25H24N6O4. The predicted octanol–water partition coefficient (Wildman–Crippen LogP) is 2.41. The fourth-order valence-corrected chi connectivity index (χ4v) is 4.63. The van der Waals surface area contributed by atoms with E-state index in [-0.39, 0.29) is 5.91 Å². The van der Waals surface area contributed by atoms with Crippen LogP contribution in [0.2, 0.25) is 0 Å². The first-order chi connectivity index (χ1) is 16.9. The first-order valence-corrected chi connectivity index (χ1v) is 11.3. The van der Waals surface area contributed by atoms with Gasteiger partial charge in [0.25, 0.3) is 5.91 Å². The van der Waals surface area contributed by atoms with E-state index in [0.29, 0.717) is 24.2 Å². The van der Waals surface area contributed by atoms with Crippen LogP contribution in [0.5, 0.6) is 0 Å². The van der Waals surface area contributed by atoms with Gasteiger partial charge in [-0.1, -0.05) is 30.3 Å². The number of anilines is 2. The van der Waals surface area contributed by atoms with E-state index in [0.717, 1.165) is 16.0 Å². The third kappa shape index (κ3) is 4.03. The Labute approximate surface area is 201 Å². The summed E-state index contributed by atoms with van der Waals surface area (Å²) in [7, 11) is 0. The van der Waals surface area contributed by atoms with Crippen molar-refractivity contribution in [3.8, 4) is 0 Å². The molecule has 2 heterocycles. The van der Waals surface area contributed by atoms with Crippen molar-refractivity contribution < 1.29 is 19.2 Å². The van der Waals surface area contributed by atoms with Crippen LogP contribution in [0.1, 0.15) is 30.5 Å². The first kappa shape index (κ1) is 22.3. The van der Waals surface area contributed by atoms with Crippen LogP contribution in [-0.2, 0) is 26.3 Å². The Morgan fingerprint density at radius 3 is 2.63 bits per heavy atom. The van der Waals surface area contributed by atoms with E-state index in [4.69, 9.17) is 0 Å². The monoisotopic (exact) mass is 472 g/mol. The lowest BCUT2D eigenvalue weighted by atomic mass is 9.92. The quantitative estimate of drug-likeness (QED) is 0.475. The van der Waals surface area contributed by atoms with Gasteiger partial charge in [-0.05, 0) is 55.2 Å². The minimum Gasteiger partial charge on any atom is -0.324 e. The molecule has 2 unspecified atom stereocenters. The molecule has 2 aliphatic rings. The molecule has 3 aromatic rings.